The fourth-order valence-electron chi connectivity index (χ4n) is 2.19. The number of hydrogen-bond donors (Lipinski definition) is 2. The average Bonchev–Trinajstić information content (AvgIpc) is 3.23. The smallest absolute Gasteiger partial charge is 0.314 e. The Morgan fingerprint density at radius 2 is 1.79 bits per heavy atom. The Labute approximate surface area is 111 Å². The van der Waals surface area contributed by atoms with Crippen molar-refractivity contribution in [1.82, 2.24) is 4.72 Å². The molecule has 2 N–H and O–H groups in total. The molecule has 0 amide bonds. The first-order valence-electron chi connectivity index (χ1n) is 6.30. The quantitative estimate of drug-likeness (QED) is 0.850. The van der Waals surface area contributed by atoms with Crippen LogP contribution in [0.5, 0.6) is 0 Å². The maximum Gasteiger partial charge on any atom is 0.314 e. The fraction of sp³-hybridized carbons (Fsp3) is 0.462. The van der Waals surface area contributed by atoms with Gasteiger partial charge in [-0.15, -0.1) is 0 Å². The second-order valence-corrected chi connectivity index (χ2v) is 7.02. The summed E-state index contributed by atoms with van der Waals surface area (Å²) < 4.78 is 26.5. The number of rotatable bonds is 5. The van der Waals surface area contributed by atoms with Crippen LogP contribution in [0.25, 0.3) is 0 Å². The predicted octanol–water partition coefficient (Wildman–Crippen LogP) is 1.24. The lowest BCUT2D eigenvalue weighted by Gasteiger charge is -2.11. The monoisotopic (exact) mass is 281 g/mol. The summed E-state index contributed by atoms with van der Waals surface area (Å²) in [6, 6.07) is 6.27. The van der Waals surface area contributed by atoms with E-state index in [0.29, 0.717) is 18.4 Å². The lowest BCUT2D eigenvalue weighted by Crippen LogP contribution is -2.26. The normalized spacial score (nSPS) is 21.1. The third-order valence-corrected chi connectivity index (χ3v) is 5.31. The van der Waals surface area contributed by atoms with Crippen molar-refractivity contribution in [1.29, 1.82) is 0 Å². The molecule has 3 rings (SSSR count). The molecule has 5 nitrogen and oxygen atoms in total. The molecule has 2 saturated carbocycles. The van der Waals surface area contributed by atoms with E-state index in [-0.39, 0.29) is 10.9 Å². The lowest BCUT2D eigenvalue weighted by atomic mass is 9.96. The van der Waals surface area contributed by atoms with Gasteiger partial charge in [0.25, 0.3) is 0 Å². The molecule has 2 fully saturated rings. The van der Waals surface area contributed by atoms with E-state index >= 15 is 0 Å². The summed E-state index contributed by atoms with van der Waals surface area (Å²) in [6.07, 6.45) is 3.02. The van der Waals surface area contributed by atoms with Crippen molar-refractivity contribution in [2.75, 3.05) is 0 Å². The molecular weight excluding hydrogens is 266 g/mol. The SMILES string of the molecule is O=C(O)C1(c2ccc(S(=O)(=O)NC3CC3)cc2)CC1. The Morgan fingerprint density at radius 3 is 2.21 bits per heavy atom. The standard InChI is InChI=1S/C13H15NO4S/c15-12(16)13(7-8-13)9-1-5-11(6-2-9)19(17,18)14-10-3-4-10/h1-2,5-6,10,14H,3-4,7-8H2,(H,15,16). The first-order chi connectivity index (χ1) is 8.94. The van der Waals surface area contributed by atoms with Gasteiger partial charge in [0.05, 0.1) is 10.3 Å². The van der Waals surface area contributed by atoms with Gasteiger partial charge in [-0.2, -0.15) is 0 Å². The summed E-state index contributed by atoms with van der Waals surface area (Å²) in [4.78, 5) is 11.4. The van der Waals surface area contributed by atoms with E-state index in [4.69, 9.17) is 0 Å². The summed E-state index contributed by atoms with van der Waals surface area (Å²) in [5, 5.41) is 9.18. The van der Waals surface area contributed by atoms with Crippen LogP contribution in [0.1, 0.15) is 31.2 Å². The van der Waals surface area contributed by atoms with Crippen LogP contribution in [0.2, 0.25) is 0 Å². The van der Waals surface area contributed by atoms with Crippen molar-refractivity contribution < 1.29 is 18.3 Å². The van der Waals surface area contributed by atoms with Crippen molar-refractivity contribution in [3.05, 3.63) is 29.8 Å². The van der Waals surface area contributed by atoms with Gasteiger partial charge in [0.1, 0.15) is 0 Å². The first-order valence-corrected chi connectivity index (χ1v) is 7.79. The number of nitrogens with one attached hydrogen (secondary N) is 1. The molecule has 0 bridgehead atoms. The molecule has 2 aliphatic carbocycles. The summed E-state index contributed by atoms with van der Waals surface area (Å²) in [5.41, 5.74) is -0.1000. The van der Waals surface area contributed by atoms with Crippen LogP contribution in [0, 0.1) is 0 Å². The molecular formula is C13H15NO4S. The average molecular weight is 281 g/mol. The zero-order chi connectivity index (χ0) is 13.7. The number of benzene rings is 1. The third-order valence-electron chi connectivity index (χ3n) is 3.78. The van der Waals surface area contributed by atoms with Gasteiger partial charge in [0.2, 0.25) is 10.0 Å². The van der Waals surface area contributed by atoms with Gasteiger partial charge in [0, 0.05) is 6.04 Å². The van der Waals surface area contributed by atoms with Crippen LogP contribution in [0.15, 0.2) is 29.2 Å². The molecule has 0 aliphatic heterocycles. The first kappa shape index (κ1) is 12.6. The van der Waals surface area contributed by atoms with Gasteiger partial charge in [-0.1, -0.05) is 12.1 Å². The van der Waals surface area contributed by atoms with Gasteiger partial charge < -0.3 is 5.11 Å². The molecule has 0 saturated heterocycles. The van der Waals surface area contributed by atoms with E-state index in [0.717, 1.165) is 12.8 Å². The number of hydrogen-bond acceptors (Lipinski definition) is 3. The van der Waals surface area contributed by atoms with Gasteiger partial charge in [-0.25, -0.2) is 13.1 Å². The van der Waals surface area contributed by atoms with E-state index in [1.165, 1.54) is 12.1 Å². The van der Waals surface area contributed by atoms with Crippen molar-refractivity contribution in [3.63, 3.8) is 0 Å². The molecule has 0 radical (unpaired) electrons. The zero-order valence-electron chi connectivity index (χ0n) is 10.3. The highest BCUT2D eigenvalue weighted by Gasteiger charge is 2.51. The van der Waals surface area contributed by atoms with E-state index in [2.05, 4.69) is 4.72 Å². The van der Waals surface area contributed by atoms with Crippen molar-refractivity contribution in [3.8, 4) is 0 Å². The van der Waals surface area contributed by atoms with Crippen LogP contribution < -0.4 is 4.72 Å². The Kier molecular flexibility index (Phi) is 2.69. The molecule has 0 unspecified atom stereocenters. The molecule has 0 heterocycles. The second-order valence-electron chi connectivity index (χ2n) is 5.31. The minimum atomic E-state index is -3.46. The zero-order valence-corrected chi connectivity index (χ0v) is 11.1. The molecule has 0 aromatic heterocycles. The van der Waals surface area contributed by atoms with Gasteiger partial charge >= 0.3 is 5.97 Å². The maximum atomic E-state index is 12.0. The number of aliphatic carboxylic acids is 1. The molecule has 6 heteroatoms. The summed E-state index contributed by atoms with van der Waals surface area (Å²) in [5.74, 6) is -0.834. The van der Waals surface area contributed by atoms with Crippen LogP contribution in [-0.4, -0.2) is 25.5 Å². The Bertz CT molecular complexity index is 613. The Hall–Kier alpha value is -1.40. The molecule has 0 atom stereocenters. The predicted molar refractivity (Wildman–Crippen MR) is 68.3 cm³/mol. The molecule has 1 aromatic rings. The highest BCUT2D eigenvalue weighted by atomic mass is 32.2. The van der Waals surface area contributed by atoms with E-state index in [1.54, 1.807) is 12.1 Å². The number of carboxylic acid groups (broad SMARTS) is 1. The van der Waals surface area contributed by atoms with Gasteiger partial charge in [-0.05, 0) is 43.4 Å². The molecule has 0 spiro atoms. The van der Waals surface area contributed by atoms with Crippen molar-refractivity contribution >= 4 is 16.0 Å². The van der Waals surface area contributed by atoms with Gasteiger partial charge in [0.15, 0.2) is 0 Å². The molecule has 19 heavy (non-hydrogen) atoms. The summed E-state index contributed by atoms with van der Waals surface area (Å²) in [6.45, 7) is 0. The van der Waals surface area contributed by atoms with E-state index < -0.39 is 21.4 Å². The topological polar surface area (TPSA) is 83.5 Å². The molecule has 2 aliphatic rings. The highest BCUT2D eigenvalue weighted by molar-refractivity contribution is 7.89. The van der Waals surface area contributed by atoms with Gasteiger partial charge in [-0.3, -0.25) is 4.79 Å². The number of carboxylic acids is 1. The van der Waals surface area contributed by atoms with Crippen molar-refractivity contribution in [2.45, 2.75) is 42.0 Å². The molecule has 1 aromatic carbocycles. The minimum Gasteiger partial charge on any atom is -0.481 e. The highest BCUT2D eigenvalue weighted by Crippen LogP contribution is 2.48. The largest absolute Gasteiger partial charge is 0.481 e. The molecule has 102 valence electrons. The number of carbonyl (C=O) groups is 1. The van der Waals surface area contributed by atoms with Crippen molar-refractivity contribution in [2.24, 2.45) is 0 Å². The van der Waals surface area contributed by atoms with Crippen LogP contribution in [0.3, 0.4) is 0 Å². The summed E-state index contributed by atoms with van der Waals surface area (Å²) in [7, 11) is -3.46. The fourth-order valence-corrected chi connectivity index (χ4v) is 3.50. The third kappa shape index (κ3) is 2.26. The minimum absolute atomic E-state index is 0.0680. The van der Waals surface area contributed by atoms with Crippen LogP contribution in [-0.2, 0) is 20.2 Å². The summed E-state index contributed by atoms with van der Waals surface area (Å²) >= 11 is 0. The van der Waals surface area contributed by atoms with E-state index in [1.807, 2.05) is 0 Å². The Balaban J connectivity index is 1.85. The van der Waals surface area contributed by atoms with Crippen LogP contribution >= 0.6 is 0 Å². The maximum absolute atomic E-state index is 12.0. The Morgan fingerprint density at radius 1 is 1.21 bits per heavy atom. The van der Waals surface area contributed by atoms with Crippen LogP contribution in [0.4, 0.5) is 0 Å². The van der Waals surface area contributed by atoms with E-state index in [9.17, 15) is 18.3 Å². The lowest BCUT2D eigenvalue weighted by molar-refractivity contribution is -0.140. The number of sulfonamides is 1. The second kappa shape index (κ2) is 4.05.